The number of aromatic nitrogens is 1. The first-order chi connectivity index (χ1) is 7.38. The molecule has 0 unspecified atom stereocenters. The summed E-state index contributed by atoms with van der Waals surface area (Å²) in [6, 6.07) is 5.75. The smallest absolute Gasteiger partial charge is 0.213 e. The minimum absolute atomic E-state index is 0.445. The van der Waals surface area contributed by atoms with Gasteiger partial charge in [0.1, 0.15) is 0 Å². The molecule has 1 aromatic rings. The normalized spacial score (nSPS) is 16.9. The molecule has 1 fully saturated rings. The Kier molecular flexibility index (Phi) is 3.84. The highest BCUT2D eigenvalue weighted by Crippen LogP contribution is 2.25. The largest absolute Gasteiger partial charge is 0.477 e. The highest BCUT2D eigenvalue weighted by atomic mass is 35.5. The molecule has 0 amide bonds. The molecule has 82 valence electrons. The topological polar surface area (TPSA) is 22.1 Å². The highest BCUT2D eigenvalue weighted by molar-refractivity contribution is 6.16. The fraction of sp³-hybridized carbons (Fsp3) is 0.583. The van der Waals surface area contributed by atoms with Crippen LogP contribution in [-0.4, -0.2) is 11.6 Å². The molecule has 0 atom stereocenters. The van der Waals surface area contributed by atoms with Crippen molar-refractivity contribution in [3.8, 4) is 5.88 Å². The van der Waals surface area contributed by atoms with Crippen molar-refractivity contribution in [2.45, 2.75) is 31.6 Å². The van der Waals surface area contributed by atoms with Gasteiger partial charge >= 0.3 is 0 Å². The van der Waals surface area contributed by atoms with Crippen molar-refractivity contribution in [2.75, 3.05) is 6.61 Å². The van der Waals surface area contributed by atoms with Gasteiger partial charge in [-0.05, 0) is 24.8 Å². The van der Waals surface area contributed by atoms with E-state index in [4.69, 9.17) is 16.3 Å². The zero-order chi connectivity index (χ0) is 10.5. The highest BCUT2D eigenvalue weighted by Gasteiger charge is 2.15. The Hall–Kier alpha value is -0.760. The number of ether oxygens (including phenoxy) is 1. The zero-order valence-electron chi connectivity index (χ0n) is 8.79. The van der Waals surface area contributed by atoms with E-state index in [9.17, 15) is 0 Å². The van der Waals surface area contributed by atoms with Crippen molar-refractivity contribution >= 4 is 11.6 Å². The van der Waals surface area contributed by atoms with Crippen LogP contribution in [0.25, 0.3) is 0 Å². The van der Waals surface area contributed by atoms with Crippen molar-refractivity contribution in [3.05, 3.63) is 23.9 Å². The lowest BCUT2D eigenvalue weighted by molar-refractivity contribution is 0.243. The summed E-state index contributed by atoms with van der Waals surface area (Å²) in [7, 11) is 0. The Bertz CT molecular complexity index is 310. The predicted octanol–water partition coefficient (Wildman–Crippen LogP) is 3.39. The second kappa shape index (κ2) is 5.36. The average Bonchev–Trinajstić information content (AvgIpc) is 2.79. The fourth-order valence-corrected chi connectivity index (χ4v) is 2.14. The van der Waals surface area contributed by atoms with Gasteiger partial charge in [-0.2, -0.15) is 0 Å². The van der Waals surface area contributed by atoms with Crippen molar-refractivity contribution in [1.29, 1.82) is 0 Å². The maximum absolute atomic E-state index is 5.71. The van der Waals surface area contributed by atoms with Crippen molar-refractivity contribution in [1.82, 2.24) is 4.98 Å². The van der Waals surface area contributed by atoms with E-state index in [0.717, 1.165) is 18.2 Å². The zero-order valence-corrected chi connectivity index (χ0v) is 9.54. The van der Waals surface area contributed by atoms with E-state index in [1.165, 1.54) is 25.7 Å². The van der Waals surface area contributed by atoms with Gasteiger partial charge < -0.3 is 4.74 Å². The van der Waals surface area contributed by atoms with E-state index < -0.39 is 0 Å². The molecule has 0 saturated heterocycles. The number of alkyl halides is 1. The lowest BCUT2D eigenvalue weighted by Crippen LogP contribution is -2.09. The summed E-state index contributed by atoms with van der Waals surface area (Å²) >= 11 is 5.71. The molecule has 0 aromatic carbocycles. The molecule has 0 N–H and O–H groups in total. The molecule has 1 aliphatic carbocycles. The van der Waals surface area contributed by atoms with Gasteiger partial charge in [0.2, 0.25) is 5.88 Å². The van der Waals surface area contributed by atoms with Gasteiger partial charge in [0.25, 0.3) is 0 Å². The molecule has 0 aliphatic heterocycles. The standard InChI is InChI=1S/C12H16ClNO/c13-8-11-6-3-7-12(14-11)15-9-10-4-1-2-5-10/h3,6-7,10H,1-2,4-5,8-9H2. The first-order valence-electron chi connectivity index (χ1n) is 5.53. The van der Waals surface area contributed by atoms with Crippen LogP contribution in [-0.2, 0) is 5.88 Å². The van der Waals surface area contributed by atoms with Gasteiger partial charge in [-0.3, -0.25) is 0 Å². The minimum atomic E-state index is 0.445. The van der Waals surface area contributed by atoms with Crippen LogP contribution in [0.4, 0.5) is 0 Å². The van der Waals surface area contributed by atoms with Crippen LogP contribution in [0.15, 0.2) is 18.2 Å². The first-order valence-corrected chi connectivity index (χ1v) is 6.06. The van der Waals surface area contributed by atoms with Crippen LogP contribution in [0.3, 0.4) is 0 Å². The number of hydrogen-bond acceptors (Lipinski definition) is 2. The summed E-state index contributed by atoms with van der Waals surface area (Å²) in [5.74, 6) is 1.88. The summed E-state index contributed by atoms with van der Waals surface area (Å²) in [5, 5.41) is 0. The van der Waals surface area contributed by atoms with Crippen LogP contribution in [0.1, 0.15) is 31.4 Å². The second-order valence-corrected chi connectivity index (χ2v) is 4.33. The lowest BCUT2D eigenvalue weighted by atomic mass is 10.1. The van der Waals surface area contributed by atoms with Gasteiger partial charge in [-0.25, -0.2) is 4.98 Å². The van der Waals surface area contributed by atoms with Crippen LogP contribution >= 0.6 is 11.6 Å². The summed E-state index contributed by atoms with van der Waals surface area (Å²) in [4.78, 5) is 4.30. The molecule has 1 saturated carbocycles. The Morgan fingerprint density at radius 2 is 2.13 bits per heavy atom. The van der Waals surface area contributed by atoms with Crippen molar-refractivity contribution in [3.63, 3.8) is 0 Å². The van der Waals surface area contributed by atoms with Gasteiger partial charge in [0.15, 0.2) is 0 Å². The monoisotopic (exact) mass is 225 g/mol. The third-order valence-electron chi connectivity index (χ3n) is 2.86. The van der Waals surface area contributed by atoms with Crippen LogP contribution < -0.4 is 4.74 Å². The van der Waals surface area contributed by atoms with E-state index in [1.807, 2.05) is 18.2 Å². The summed E-state index contributed by atoms with van der Waals surface area (Å²) in [6.45, 7) is 0.804. The average molecular weight is 226 g/mol. The molecular formula is C12H16ClNO. The number of nitrogens with zero attached hydrogens (tertiary/aromatic N) is 1. The molecule has 0 bridgehead atoms. The summed E-state index contributed by atoms with van der Waals surface area (Å²) < 4.78 is 5.66. The number of rotatable bonds is 4. The van der Waals surface area contributed by atoms with Crippen molar-refractivity contribution < 1.29 is 4.74 Å². The summed E-state index contributed by atoms with van der Waals surface area (Å²) in [6.07, 6.45) is 5.30. The van der Waals surface area contributed by atoms with Gasteiger partial charge in [0.05, 0.1) is 18.2 Å². The van der Waals surface area contributed by atoms with Gasteiger partial charge in [-0.15, -0.1) is 11.6 Å². The van der Waals surface area contributed by atoms with Crippen molar-refractivity contribution in [2.24, 2.45) is 5.92 Å². The van der Waals surface area contributed by atoms with E-state index >= 15 is 0 Å². The molecule has 1 aromatic heterocycles. The Morgan fingerprint density at radius 1 is 1.33 bits per heavy atom. The van der Waals surface area contributed by atoms with E-state index in [0.29, 0.717) is 11.8 Å². The molecule has 15 heavy (non-hydrogen) atoms. The maximum Gasteiger partial charge on any atom is 0.213 e. The molecule has 3 heteroatoms. The quantitative estimate of drug-likeness (QED) is 0.733. The fourth-order valence-electron chi connectivity index (χ4n) is 1.99. The molecule has 0 radical (unpaired) electrons. The SMILES string of the molecule is ClCc1cccc(OCC2CCCC2)n1. The maximum atomic E-state index is 5.71. The lowest BCUT2D eigenvalue weighted by Gasteiger charge is -2.10. The molecule has 2 nitrogen and oxygen atoms in total. The van der Waals surface area contributed by atoms with Crippen LogP contribution in [0.2, 0.25) is 0 Å². The molecule has 0 spiro atoms. The predicted molar refractivity (Wildman–Crippen MR) is 61.2 cm³/mol. The van der Waals surface area contributed by atoms with Crippen LogP contribution in [0.5, 0.6) is 5.88 Å². The number of pyridine rings is 1. The first kappa shape index (κ1) is 10.7. The Balaban J connectivity index is 1.86. The number of halogens is 1. The second-order valence-electron chi connectivity index (χ2n) is 4.06. The van der Waals surface area contributed by atoms with E-state index in [1.54, 1.807) is 0 Å². The molecule has 1 aliphatic rings. The Morgan fingerprint density at radius 3 is 2.87 bits per heavy atom. The third kappa shape index (κ3) is 3.10. The molecule has 1 heterocycles. The summed E-state index contributed by atoms with van der Waals surface area (Å²) in [5.41, 5.74) is 0.876. The number of hydrogen-bond donors (Lipinski definition) is 0. The van der Waals surface area contributed by atoms with Gasteiger partial charge in [-0.1, -0.05) is 18.9 Å². The molecule has 2 rings (SSSR count). The van der Waals surface area contributed by atoms with Gasteiger partial charge in [0, 0.05) is 6.07 Å². The van der Waals surface area contributed by atoms with Crippen LogP contribution in [0, 0.1) is 5.92 Å². The molecular weight excluding hydrogens is 210 g/mol. The van der Waals surface area contributed by atoms with E-state index in [2.05, 4.69) is 4.98 Å². The third-order valence-corrected chi connectivity index (χ3v) is 3.13. The minimum Gasteiger partial charge on any atom is -0.477 e. The van der Waals surface area contributed by atoms with E-state index in [-0.39, 0.29) is 0 Å². The Labute approximate surface area is 95.6 Å².